The van der Waals surface area contributed by atoms with Crippen LogP contribution >= 0.6 is 23.2 Å². The summed E-state index contributed by atoms with van der Waals surface area (Å²) in [5.74, 6) is -0.639. The van der Waals surface area contributed by atoms with Crippen molar-refractivity contribution >= 4 is 41.0 Å². The molecule has 194 valence electrons. The zero-order valence-corrected chi connectivity index (χ0v) is 21.8. The van der Waals surface area contributed by atoms with Gasteiger partial charge in [-0.2, -0.15) is 0 Å². The molecular weight excluding hydrogens is 491 g/mol. The molecule has 0 unspecified atom stereocenters. The molecule has 1 aromatic rings. The molecule has 2 aliphatic rings. The van der Waals surface area contributed by atoms with Crippen LogP contribution in [0.2, 0.25) is 10.0 Å². The van der Waals surface area contributed by atoms with Crippen LogP contribution in [0.3, 0.4) is 0 Å². The van der Waals surface area contributed by atoms with Crippen molar-refractivity contribution in [3.05, 3.63) is 33.8 Å². The number of carbonyl (C=O) groups is 3. The lowest BCUT2D eigenvalue weighted by molar-refractivity contribution is -0.153. The van der Waals surface area contributed by atoms with Gasteiger partial charge >= 0.3 is 5.97 Å². The Labute approximate surface area is 217 Å². The van der Waals surface area contributed by atoms with Gasteiger partial charge in [-0.3, -0.25) is 19.3 Å². The largest absolute Gasteiger partial charge is 0.466 e. The standard InChI is InChI=1S/C25H36Cl2N4O4/c1-2-35-25(34)19-5-3-4-6-22(19)30-11-13-31(14-12-30)24(33)21(29-23(32)9-10-28)15-17-7-8-18(26)16-20(17)27/h7-8,16,19,21-22H,2-6,9-15,28H2,1H3,(H,29,32)/t19-,21+,22-/m0/s1. The van der Waals surface area contributed by atoms with E-state index in [0.717, 1.165) is 31.2 Å². The zero-order chi connectivity index (χ0) is 25.4. The number of rotatable bonds is 9. The summed E-state index contributed by atoms with van der Waals surface area (Å²) in [5.41, 5.74) is 6.26. The molecule has 1 aromatic carbocycles. The van der Waals surface area contributed by atoms with E-state index < -0.39 is 6.04 Å². The SMILES string of the molecule is CCOC(=O)[C@H]1CCCC[C@@H]1N1CCN(C(=O)[C@@H](Cc2ccc(Cl)cc2Cl)NC(=O)CCN)CC1. The Morgan fingerprint density at radius 1 is 1.14 bits per heavy atom. The molecule has 2 amide bonds. The van der Waals surface area contributed by atoms with Crippen LogP contribution in [0.4, 0.5) is 0 Å². The topological polar surface area (TPSA) is 105 Å². The third-order valence-corrected chi connectivity index (χ3v) is 7.44. The Morgan fingerprint density at radius 3 is 2.51 bits per heavy atom. The number of hydrogen-bond donors (Lipinski definition) is 2. The van der Waals surface area contributed by atoms with Crippen molar-refractivity contribution in [2.75, 3.05) is 39.3 Å². The van der Waals surface area contributed by atoms with Crippen molar-refractivity contribution in [3.8, 4) is 0 Å². The Morgan fingerprint density at radius 2 is 1.86 bits per heavy atom. The van der Waals surface area contributed by atoms with Crippen LogP contribution in [-0.4, -0.2) is 79.0 Å². The average molecular weight is 527 g/mol. The second kappa shape index (κ2) is 13.4. The number of piperazine rings is 1. The summed E-state index contributed by atoms with van der Waals surface area (Å²) in [7, 11) is 0. The third kappa shape index (κ3) is 7.56. The molecule has 0 bridgehead atoms. The lowest BCUT2D eigenvalue weighted by Crippen LogP contribution is -2.58. The highest BCUT2D eigenvalue weighted by atomic mass is 35.5. The Kier molecular flexibility index (Phi) is 10.6. The lowest BCUT2D eigenvalue weighted by atomic mass is 9.83. The molecule has 35 heavy (non-hydrogen) atoms. The van der Waals surface area contributed by atoms with Crippen LogP contribution in [0.15, 0.2) is 18.2 Å². The first-order valence-corrected chi connectivity index (χ1v) is 13.2. The summed E-state index contributed by atoms with van der Waals surface area (Å²) < 4.78 is 5.33. The highest BCUT2D eigenvalue weighted by molar-refractivity contribution is 6.35. The second-order valence-corrected chi connectivity index (χ2v) is 10.0. The average Bonchev–Trinajstić information content (AvgIpc) is 2.85. The fourth-order valence-corrected chi connectivity index (χ4v) is 5.56. The van der Waals surface area contributed by atoms with Crippen LogP contribution in [0, 0.1) is 5.92 Å². The molecule has 0 spiro atoms. The predicted molar refractivity (Wildman–Crippen MR) is 136 cm³/mol. The van der Waals surface area contributed by atoms with Crippen molar-refractivity contribution in [3.63, 3.8) is 0 Å². The van der Waals surface area contributed by atoms with Gasteiger partial charge in [0.15, 0.2) is 0 Å². The van der Waals surface area contributed by atoms with E-state index in [2.05, 4.69) is 10.2 Å². The van der Waals surface area contributed by atoms with Crippen molar-refractivity contribution in [1.29, 1.82) is 0 Å². The van der Waals surface area contributed by atoms with E-state index in [9.17, 15) is 14.4 Å². The first-order valence-electron chi connectivity index (χ1n) is 12.5. The summed E-state index contributed by atoms with van der Waals surface area (Å²) in [4.78, 5) is 42.4. The number of benzene rings is 1. The van der Waals surface area contributed by atoms with Gasteiger partial charge in [0, 0.05) is 61.7 Å². The molecular formula is C25H36Cl2N4O4. The molecule has 1 heterocycles. The molecule has 1 saturated carbocycles. The van der Waals surface area contributed by atoms with Crippen LogP contribution in [0.1, 0.15) is 44.6 Å². The molecule has 10 heteroatoms. The summed E-state index contributed by atoms with van der Waals surface area (Å²) in [5, 5.41) is 3.80. The molecule has 3 N–H and O–H groups in total. The molecule has 1 saturated heterocycles. The number of nitrogens with zero attached hydrogens (tertiary/aromatic N) is 2. The van der Waals surface area contributed by atoms with Gasteiger partial charge in [-0.05, 0) is 37.5 Å². The number of nitrogens with two attached hydrogens (primary N) is 1. The monoisotopic (exact) mass is 526 g/mol. The smallest absolute Gasteiger partial charge is 0.310 e. The Balaban J connectivity index is 1.66. The van der Waals surface area contributed by atoms with E-state index in [1.54, 1.807) is 23.1 Å². The van der Waals surface area contributed by atoms with Crippen LogP contribution in [0.25, 0.3) is 0 Å². The minimum absolute atomic E-state index is 0.110. The van der Waals surface area contributed by atoms with E-state index in [-0.39, 0.29) is 49.1 Å². The fourth-order valence-electron chi connectivity index (χ4n) is 5.07. The van der Waals surface area contributed by atoms with Gasteiger partial charge in [0.05, 0.1) is 12.5 Å². The molecule has 1 aliphatic carbocycles. The number of halogens is 2. The predicted octanol–water partition coefficient (Wildman–Crippen LogP) is 2.64. The van der Waals surface area contributed by atoms with Gasteiger partial charge in [-0.15, -0.1) is 0 Å². The molecule has 0 radical (unpaired) electrons. The number of carbonyl (C=O) groups excluding carboxylic acids is 3. The van der Waals surface area contributed by atoms with Crippen molar-refractivity contribution in [2.24, 2.45) is 11.7 Å². The van der Waals surface area contributed by atoms with E-state index in [0.29, 0.717) is 42.8 Å². The van der Waals surface area contributed by atoms with Gasteiger partial charge < -0.3 is 20.7 Å². The van der Waals surface area contributed by atoms with E-state index in [4.69, 9.17) is 33.7 Å². The van der Waals surface area contributed by atoms with Gasteiger partial charge in [0.1, 0.15) is 6.04 Å². The number of nitrogens with one attached hydrogen (secondary N) is 1. The van der Waals surface area contributed by atoms with E-state index in [1.807, 2.05) is 6.92 Å². The number of amides is 2. The first-order chi connectivity index (χ1) is 16.8. The Bertz CT molecular complexity index is 892. The van der Waals surface area contributed by atoms with Gasteiger partial charge in [0.25, 0.3) is 0 Å². The second-order valence-electron chi connectivity index (χ2n) is 9.17. The van der Waals surface area contributed by atoms with E-state index in [1.165, 1.54) is 0 Å². The number of hydrogen-bond acceptors (Lipinski definition) is 6. The van der Waals surface area contributed by atoms with Crippen molar-refractivity contribution in [1.82, 2.24) is 15.1 Å². The maximum absolute atomic E-state index is 13.5. The molecule has 0 aromatic heterocycles. The van der Waals surface area contributed by atoms with Crippen LogP contribution < -0.4 is 11.1 Å². The molecule has 1 aliphatic heterocycles. The zero-order valence-electron chi connectivity index (χ0n) is 20.3. The lowest BCUT2D eigenvalue weighted by Gasteiger charge is -2.44. The molecule has 8 nitrogen and oxygen atoms in total. The van der Waals surface area contributed by atoms with Crippen LogP contribution in [-0.2, 0) is 25.5 Å². The summed E-state index contributed by atoms with van der Waals surface area (Å²) >= 11 is 12.4. The highest BCUT2D eigenvalue weighted by Gasteiger charge is 2.38. The number of esters is 1. The third-order valence-electron chi connectivity index (χ3n) is 6.86. The summed E-state index contributed by atoms with van der Waals surface area (Å²) in [6.07, 6.45) is 4.35. The van der Waals surface area contributed by atoms with Gasteiger partial charge in [-0.25, -0.2) is 0 Å². The first kappa shape index (κ1) is 27.7. The van der Waals surface area contributed by atoms with Gasteiger partial charge in [0.2, 0.25) is 11.8 Å². The number of ether oxygens (including phenoxy) is 1. The van der Waals surface area contributed by atoms with Gasteiger partial charge in [-0.1, -0.05) is 42.1 Å². The minimum atomic E-state index is -0.749. The maximum Gasteiger partial charge on any atom is 0.310 e. The molecule has 3 atom stereocenters. The fraction of sp³-hybridized carbons (Fsp3) is 0.640. The maximum atomic E-state index is 13.5. The van der Waals surface area contributed by atoms with Crippen molar-refractivity contribution < 1.29 is 19.1 Å². The van der Waals surface area contributed by atoms with Crippen molar-refractivity contribution in [2.45, 2.75) is 57.5 Å². The van der Waals surface area contributed by atoms with E-state index >= 15 is 0 Å². The minimum Gasteiger partial charge on any atom is -0.466 e. The summed E-state index contributed by atoms with van der Waals surface area (Å²) in [6.45, 7) is 4.84. The quantitative estimate of drug-likeness (QED) is 0.479. The molecule has 2 fully saturated rings. The molecule has 3 rings (SSSR count). The Hall–Kier alpha value is -1.87. The highest BCUT2D eigenvalue weighted by Crippen LogP contribution is 2.30. The summed E-state index contributed by atoms with van der Waals surface area (Å²) in [6, 6.07) is 4.52. The van der Waals surface area contributed by atoms with Crippen LogP contribution in [0.5, 0.6) is 0 Å². The normalized spacial score (nSPS) is 21.9.